The highest BCUT2D eigenvalue weighted by molar-refractivity contribution is 7.09. The molecule has 0 atom stereocenters. The first-order valence-corrected chi connectivity index (χ1v) is 6.61. The molecule has 0 aliphatic carbocycles. The minimum Gasteiger partial charge on any atom is -0.373 e. The van der Waals surface area contributed by atoms with Gasteiger partial charge in [0, 0.05) is 11.9 Å². The van der Waals surface area contributed by atoms with Gasteiger partial charge in [-0.3, -0.25) is 4.79 Å². The number of halogens is 1. The van der Waals surface area contributed by atoms with Gasteiger partial charge >= 0.3 is 0 Å². The molecule has 0 unspecified atom stereocenters. The number of carbonyl (C=O) groups is 1. The Labute approximate surface area is 114 Å². The molecule has 0 bridgehead atoms. The zero-order valence-corrected chi connectivity index (χ0v) is 11.3. The number of hydrogen-bond donors (Lipinski definition) is 2. The van der Waals surface area contributed by atoms with Crippen molar-refractivity contribution < 1.29 is 4.79 Å². The average Bonchev–Trinajstić information content (AvgIpc) is 2.89. The van der Waals surface area contributed by atoms with Crippen LogP contribution in [0.2, 0.25) is 5.02 Å². The molecule has 2 aromatic rings. The number of aromatic nitrogens is 1. The van der Waals surface area contributed by atoms with Crippen LogP contribution in [0.25, 0.3) is 0 Å². The lowest BCUT2D eigenvalue weighted by Crippen LogP contribution is -2.24. The molecule has 2 heterocycles. The predicted octanol–water partition coefficient (Wildman–Crippen LogP) is 2.77. The van der Waals surface area contributed by atoms with Gasteiger partial charge in [-0.2, -0.15) is 0 Å². The van der Waals surface area contributed by atoms with Crippen molar-refractivity contribution in [2.24, 2.45) is 0 Å². The summed E-state index contributed by atoms with van der Waals surface area (Å²) in [5.74, 6) is 0.339. The highest BCUT2D eigenvalue weighted by atomic mass is 35.5. The molecule has 2 rings (SSSR count). The molecule has 0 spiro atoms. The SMILES string of the molecule is CNc1ccc(Cl)c(C(=O)NCc2cccs2)n1. The van der Waals surface area contributed by atoms with E-state index in [4.69, 9.17) is 11.6 Å². The van der Waals surface area contributed by atoms with Crippen molar-refractivity contribution >= 4 is 34.7 Å². The van der Waals surface area contributed by atoms with E-state index >= 15 is 0 Å². The van der Waals surface area contributed by atoms with Crippen molar-refractivity contribution in [2.45, 2.75) is 6.54 Å². The molecule has 2 aromatic heterocycles. The highest BCUT2D eigenvalue weighted by Crippen LogP contribution is 2.16. The normalized spacial score (nSPS) is 10.1. The molecular weight excluding hydrogens is 270 g/mol. The Balaban J connectivity index is 2.08. The van der Waals surface area contributed by atoms with Crippen LogP contribution in [0, 0.1) is 0 Å². The van der Waals surface area contributed by atoms with Gasteiger partial charge in [0.05, 0.1) is 11.6 Å². The van der Waals surface area contributed by atoms with E-state index < -0.39 is 0 Å². The molecule has 0 aromatic carbocycles. The van der Waals surface area contributed by atoms with Crippen molar-refractivity contribution in [2.75, 3.05) is 12.4 Å². The topological polar surface area (TPSA) is 54.0 Å². The molecule has 0 radical (unpaired) electrons. The van der Waals surface area contributed by atoms with Crippen LogP contribution in [0.5, 0.6) is 0 Å². The van der Waals surface area contributed by atoms with Crippen LogP contribution >= 0.6 is 22.9 Å². The monoisotopic (exact) mass is 281 g/mol. The number of nitrogens with one attached hydrogen (secondary N) is 2. The lowest BCUT2D eigenvalue weighted by atomic mass is 10.3. The zero-order valence-electron chi connectivity index (χ0n) is 9.74. The Hall–Kier alpha value is -1.59. The first-order valence-electron chi connectivity index (χ1n) is 5.35. The van der Waals surface area contributed by atoms with Crippen molar-refractivity contribution in [1.29, 1.82) is 0 Å². The summed E-state index contributed by atoms with van der Waals surface area (Å²) in [6.07, 6.45) is 0. The molecule has 0 fully saturated rings. The quantitative estimate of drug-likeness (QED) is 0.906. The van der Waals surface area contributed by atoms with Crippen LogP contribution in [0.4, 0.5) is 5.82 Å². The summed E-state index contributed by atoms with van der Waals surface area (Å²) < 4.78 is 0. The molecule has 1 amide bonds. The maximum Gasteiger partial charge on any atom is 0.271 e. The molecule has 94 valence electrons. The first-order chi connectivity index (χ1) is 8.70. The smallest absolute Gasteiger partial charge is 0.271 e. The van der Waals surface area contributed by atoms with Crippen LogP contribution in [0.1, 0.15) is 15.4 Å². The van der Waals surface area contributed by atoms with Crippen molar-refractivity contribution in [3.63, 3.8) is 0 Å². The zero-order chi connectivity index (χ0) is 13.0. The number of pyridine rings is 1. The summed E-state index contributed by atoms with van der Waals surface area (Å²) in [4.78, 5) is 17.2. The number of nitrogens with zero attached hydrogens (tertiary/aromatic N) is 1. The summed E-state index contributed by atoms with van der Waals surface area (Å²) in [7, 11) is 1.74. The Kier molecular flexibility index (Phi) is 4.17. The van der Waals surface area contributed by atoms with Crippen molar-refractivity contribution in [1.82, 2.24) is 10.3 Å². The third-order valence-electron chi connectivity index (χ3n) is 2.32. The fourth-order valence-electron chi connectivity index (χ4n) is 1.40. The largest absolute Gasteiger partial charge is 0.373 e. The van der Waals surface area contributed by atoms with Gasteiger partial charge < -0.3 is 10.6 Å². The van der Waals surface area contributed by atoms with Gasteiger partial charge in [0.15, 0.2) is 0 Å². The van der Waals surface area contributed by atoms with E-state index in [9.17, 15) is 4.79 Å². The van der Waals surface area contributed by atoms with Crippen molar-refractivity contribution in [3.8, 4) is 0 Å². The van der Waals surface area contributed by atoms with Crippen LogP contribution in [0.15, 0.2) is 29.6 Å². The van der Waals surface area contributed by atoms with Gasteiger partial charge in [-0.05, 0) is 23.6 Å². The number of thiophene rings is 1. The number of carbonyl (C=O) groups excluding carboxylic acids is 1. The molecule has 6 heteroatoms. The van der Waals surface area contributed by atoms with Gasteiger partial charge in [-0.1, -0.05) is 17.7 Å². The molecule has 0 aliphatic heterocycles. The van der Waals surface area contributed by atoms with Gasteiger partial charge in [0.2, 0.25) is 0 Å². The summed E-state index contributed by atoms with van der Waals surface area (Å²) in [6.45, 7) is 0.484. The number of hydrogen-bond acceptors (Lipinski definition) is 4. The van der Waals surface area contributed by atoms with E-state index in [2.05, 4.69) is 15.6 Å². The predicted molar refractivity (Wildman–Crippen MR) is 74.3 cm³/mol. The minimum atomic E-state index is -0.273. The Bertz CT molecular complexity index is 542. The minimum absolute atomic E-state index is 0.236. The summed E-state index contributed by atoms with van der Waals surface area (Å²) >= 11 is 7.55. The second-order valence-electron chi connectivity index (χ2n) is 3.54. The van der Waals surface area contributed by atoms with E-state index in [0.29, 0.717) is 17.4 Å². The van der Waals surface area contributed by atoms with Gasteiger partial charge in [-0.25, -0.2) is 4.98 Å². The maximum absolute atomic E-state index is 11.9. The Morgan fingerprint density at radius 3 is 2.94 bits per heavy atom. The molecule has 0 saturated carbocycles. The van der Waals surface area contributed by atoms with Crippen LogP contribution in [-0.4, -0.2) is 17.9 Å². The molecular formula is C12H12ClN3OS. The first kappa shape index (κ1) is 12.9. The molecule has 0 aliphatic rings. The molecule has 0 saturated heterocycles. The van der Waals surface area contributed by atoms with E-state index in [-0.39, 0.29) is 11.6 Å². The van der Waals surface area contributed by atoms with Crippen LogP contribution < -0.4 is 10.6 Å². The Morgan fingerprint density at radius 2 is 2.28 bits per heavy atom. The lowest BCUT2D eigenvalue weighted by molar-refractivity contribution is 0.0946. The maximum atomic E-state index is 11.9. The number of anilines is 1. The summed E-state index contributed by atoms with van der Waals surface area (Å²) in [6, 6.07) is 7.28. The number of amides is 1. The summed E-state index contributed by atoms with van der Waals surface area (Å²) in [5, 5.41) is 7.97. The average molecular weight is 282 g/mol. The number of rotatable bonds is 4. The van der Waals surface area contributed by atoms with Gasteiger partial charge in [0.1, 0.15) is 11.5 Å². The van der Waals surface area contributed by atoms with E-state index in [1.165, 1.54) is 0 Å². The van der Waals surface area contributed by atoms with E-state index in [0.717, 1.165) is 4.88 Å². The summed E-state index contributed by atoms with van der Waals surface area (Å²) in [5.41, 5.74) is 0.236. The fourth-order valence-corrected chi connectivity index (χ4v) is 2.24. The highest BCUT2D eigenvalue weighted by Gasteiger charge is 2.12. The standard InChI is InChI=1S/C12H12ClN3OS/c1-14-10-5-4-9(13)11(16-10)12(17)15-7-8-3-2-6-18-8/h2-6H,7H2,1H3,(H,14,16)(H,15,17). The van der Waals surface area contributed by atoms with Crippen LogP contribution in [-0.2, 0) is 6.54 Å². The molecule has 2 N–H and O–H groups in total. The lowest BCUT2D eigenvalue weighted by Gasteiger charge is -2.07. The van der Waals surface area contributed by atoms with Gasteiger partial charge in [0.25, 0.3) is 5.91 Å². The third kappa shape index (κ3) is 3.00. The van der Waals surface area contributed by atoms with Gasteiger partial charge in [-0.15, -0.1) is 11.3 Å². The van der Waals surface area contributed by atoms with Crippen molar-refractivity contribution in [3.05, 3.63) is 45.2 Å². The van der Waals surface area contributed by atoms with Crippen LogP contribution in [0.3, 0.4) is 0 Å². The van der Waals surface area contributed by atoms with E-state index in [1.807, 2.05) is 17.5 Å². The Morgan fingerprint density at radius 1 is 1.44 bits per heavy atom. The fraction of sp³-hybridized carbons (Fsp3) is 0.167. The third-order valence-corrected chi connectivity index (χ3v) is 3.50. The second-order valence-corrected chi connectivity index (χ2v) is 4.98. The van der Waals surface area contributed by atoms with E-state index in [1.54, 1.807) is 30.5 Å². The second kappa shape index (κ2) is 5.84. The molecule has 18 heavy (non-hydrogen) atoms. The molecule has 4 nitrogen and oxygen atoms in total.